The van der Waals surface area contributed by atoms with Gasteiger partial charge in [0.2, 0.25) is 0 Å². The minimum absolute atomic E-state index is 0.121. The molecule has 0 aromatic heterocycles. The zero-order chi connectivity index (χ0) is 13.9. The second-order valence-corrected chi connectivity index (χ2v) is 5.77. The molecular weight excluding hydrogens is 224 g/mol. The summed E-state index contributed by atoms with van der Waals surface area (Å²) in [4.78, 5) is 2.26. The SMILES string of the molecule is COc1cc(C)c(N(C)CCC(C)(C)N)cc1C. The van der Waals surface area contributed by atoms with Crippen LogP contribution in [-0.4, -0.2) is 26.2 Å². The number of benzene rings is 1. The first-order valence-corrected chi connectivity index (χ1v) is 6.40. The highest BCUT2D eigenvalue weighted by Crippen LogP contribution is 2.28. The van der Waals surface area contributed by atoms with Crippen LogP contribution in [0.1, 0.15) is 31.4 Å². The highest BCUT2D eigenvalue weighted by Gasteiger charge is 2.14. The van der Waals surface area contributed by atoms with E-state index in [1.165, 1.54) is 11.3 Å². The van der Waals surface area contributed by atoms with Gasteiger partial charge in [-0.3, -0.25) is 0 Å². The molecular formula is C15H26N2O. The van der Waals surface area contributed by atoms with Crippen LogP contribution in [0.4, 0.5) is 5.69 Å². The van der Waals surface area contributed by atoms with Crippen LogP contribution in [0.3, 0.4) is 0 Å². The summed E-state index contributed by atoms with van der Waals surface area (Å²) in [5, 5.41) is 0. The van der Waals surface area contributed by atoms with Crippen molar-refractivity contribution in [3.8, 4) is 5.75 Å². The Labute approximate surface area is 111 Å². The van der Waals surface area contributed by atoms with E-state index in [0.717, 1.165) is 24.3 Å². The zero-order valence-electron chi connectivity index (χ0n) is 12.5. The number of nitrogens with zero attached hydrogens (tertiary/aromatic N) is 1. The number of anilines is 1. The van der Waals surface area contributed by atoms with Crippen LogP contribution >= 0.6 is 0 Å². The molecule has 0 atom stereocenters. The molecule has 2 N–H and O–H groups in total. The molecule has 0 aliphatic carbocycles. The molecule has 0 saturated carbocycles. The van der Waals surface area contributed by atoms with E-state index < -0.39 is 0 Å². The summed E-state index contributed by atoms with van der Waals surface area (Å²) in [7, 11) is 3.82. The normalized spacial score (nSPS) is 11.5. The molecule has 0 fully saturated rings. The average molecular weight is 250 g/mol. The third-order valence-electron chi connectivity index (χ3n) is 3.22. The fraction of sp³-hybridized carbons (Fsp3) is 0.600. The highest BCUT2D eigenvalue weighted by molar-refractivity contribution is 5.58. The average Bonchev–Trinajstić information content (AvgIpc) is 2.27. The molecule has 3 nitrogen and oxygen atoms in total. The van der Waals surface area contributed by atoms with Gasteiger partial charge in [-0.15, -0.1) is 0 Å². The number of ether oxygens (including phenoxy) is 1. The largest absolute Gasteiger partial charge is 0.496 e. The van der Waals surface area contributed by atoms with Crippen molar-refractivity contribution in [3.63, 3.8) is 0 Å². The summed E-state index contributed by atoms with van der Waals surface area (Å²) < 4.78 is 5.34. The molecule has 0 aliphatic rings. The van der Waals surface area contributed by atoms with Crippen molar-refractivity contribution in [2.75, 3.05) is 25.6 Å². The number of nitrogens with two attached hydrogens (primary N) is 1. The van der Waals surface area contributed by atoms with E-state index in [1.807, 2.05) is 0 Å². The van der Waals surface area contributed by atoms with E-state index in [4.69, 9.17) is 10.5 Å². The van der Waals surface area contributed by atoms with E-state index in [9.17, 15) is 0 Å². The number of aryl methyl sites for hydroxylation is 2. The summed E-state index contributed by atoms with van der Waals surface area (Å²) in [5.74, 6) is 0.948. The molecule has 1 rings (SSSR count). The third-order valence-corrected chi connectivity index (χ3v) is 3.22. The van der Waals surface area contributed by atoms with Crippen LogP contribution in [0.15, 0.2) is 12.1 Å². The maximum atomic E-state index is 6.03. The molecule has 1 aromatic rings. The van der Waals surface area contributed by atoms with Gasteiger partial charge in [0, 0.05) is 24.8 Å². The summed E-state index contributed by atoms with van der Waals surface area (Å²) >= 11 is 0. The van der Waals surface area contributed by atoms with Gasteiger partial charge in [-0.05, 0) is 57.4 Å². The first-order chi connectivity index (χ1) is 8.24. The third kappa shape index (κ3) is 3.91. The van der Waals surface area contributed by atoms with Crippen LogP contribution in [0, 0.1) is 13.8 Å². The minimum atomic E-state index is -0.121. The fourth-order valence-corrected chi connectivity index (χ4v) is 1.98. The van der Waals surface area contributed by atoms with Crippen LogP contribution in [0.2, 0.25) is 0 Å². The van der Waals surface area contributed by atoms with Crippen LogP contribution in [-0.2, 0) is 0 Å². The van der Waals surface area contributed by atoms with E-state index in [-0.39, 0.29) is 5.54 Å². The molecule has 0 aliphatic heterocycles. The Kier molecular flexibility index (Phi) is 4.63. The quantitative estimate of drug-likeness (QED) is 0.873. The lowest BCUT2D eigenvalue weighted by Crippen LogP contribution is -2.36. The molecule has 0 heterocycles. The maximum absolute atomic E-state index is 6.03. The lowest BCUT2D eigenvalue weighted by Gasteiger charge is -2.27. The van der Waals surface area contributed by atoms with Gasteiger partial charge in [0.05, 0.1) is 7.11 Å². The first-order valence-electron chi connectivity index (χ1n) is 6.40. The second kappa shape index (κ2) is 5.61. The monoisotopic (exact) mass is 250 g/mol. The standard InChI is InChI=1S/C15H26N2O/c1-11-10-14(18-6)12(2)9-13(11)17(5)8-7-15(3,4)16/h9-10H,7-8,16H2,1-6H3. The smallest absolute Gasteiger partial charge is 0.122 e. The minimum Gasteiger partial charge on any atom is -0.496 e. The molecule has 3 heteroatoms. The molecule has 0 bridgehead atoms. The van der Waals surface area contributed by atoms with Crippen molar-refractivity contribution in [2.24, 2.45) is 5.73 Å². The Bertz CT molecular complexity index is 408. The number of rotatable bonds is 5. The van der Waals surface area contributed by atoms with Crippen molar-refractivity contribution >= 4 is 5.69 Å². The fourth-order valence-electron chi connectivity index (χ4n) is 1.98. The van der Waals surface area contributed by atoms with E-state index >= 15 is 0 Å². The van der Waals surface area contributed by atoms with Crippen molar-refractivity contribution in [3.05, 3.63) is 23.3 Å². The van der Waals surface area contributed by atoms with Gasteiger partial charge in [0.1, 0.15) is 5.75 Å². The van der Waals surface area contributed by atoms with Gasteiger partial charge >= 0.3 is 0 Å². The molecule has 0 saturated heterocycles. The summed E-state index contributed by atoms with van der Waals surface area (Å²) in [5.41, 5.74) is 9.55. The molecule has 18 heavy (non-hydrogen) atoms. The van der Waals surface area contributed by atoms with E-state index in [1.54, 1.807) is 7.11 Å². The van der Waals surface area contributed by atoms with Gasteiger partial charge in [0.25, 0.3) is 0 Å². The zero-order valence-corrected chi connectivity index (χ0v) is 12.5. The predicted molar refractivity (Wildman–Crippen MR) is 78.6 cm³/mol. The second-order valence-electron chi connectivity index (χ2n) is 5.77. The molecule has 0 unspecified atom stereocenters. The van der Waals surface area contributed by atoms with Crippen LogP contribution < -0.4 is 15.4 Å². The van der Waals surface area contributed by atoms with Gasteiger partial charge in [-0.25, -0.2) is 0 Å². The number of hydrogen-bond acceptors (Lipinski definition) is 3. The predicted octanol–water partition coefficient (Wildman–Crippen LogP) is 2.88. The van der Waals surface area contributed by atoms with Gasteiger partial charge < -0.3 is 15.4 Å². The Balaban J connectivity index is 2.86. The maximum Gasteiger partial charge on any atom is 0.122 e. The summed E-state index contributed by atoms with van der Waals surface area (Å²) in [6.45, 7) is 9.26. The molecule has 0 radical (unpaired) electrons. The van der Waals surface area contributed by atoms with Gasteiger partial charge in [-0.1, -0.05) is 0 Å². The Hall–Kier alpha value is -1.22. The van der Waals surface area contributed by atoms with Crippen LogP contribution in [0.5, 0.6) is 5.75 Å². The lowest BCUT2D eigenvalue weighted by molar-refractivity contribution is 0.411. The van der Waals surface area contributed by atoms with Crippen LogP contribution in [0.25, 0.3) is 0 Å². The van der Waals surface area contributed by atoms with E-state index in [0.29, 0.717) is 0 Å². The molecule has 102 valence electrons. The Morgan fingerprint density at radius 2 is 1.83 bits per heavy atom. The lowest BCUT2D eigenvalue weighted by atomic mass is 10.0. The van der Waals surface area contributed by atoms with Crippen molar-refractivity contribution in [1.82, 2.24) is 0 Å². The first kappa shape index (κ1) is 14.8. The summed E-state index contributed by atoms with van der Waals surface area (Å²) in [6, 6.07) is 4.27. The van der Waals surface area contributed by atoms with Crippen molar-refractivity contribution in [2.45, 2.75) is 39.7 Å². The van der Waals surface area contributed by atoms with E-state index in [2.05, 4.69) is 51.8 Å². The Morgan fingerprint density at radius 1 is 1.22 bits per heavy atom. The molecule has 0 spiro atoms. The molecule has 0 amide bonds. The van der Waals surface area contributed by atoms with Crippen molar-refractivity contribution < 1.29 is 4.74 Å². The number of methoxy groups -OCH3 is 1. The number of hydrogen-bond donors (Lipinski definition) is 1. The van der Waals surface area contributed by atoms with Crippen molar-refractivity contribution in [1.29, 1.82) is 0 Å². The highest BCUT2D eigenvalue weighted by atomic mass is 16.5. The Morgan fingerprint density at radius 3 is 2.33 bits per heavy atom. The van der Waals surface area contributed by atoms with Gasteiger partial charge in [0.15, 0.2) is 0 Å². The topological polar surface area (TPSA) is 38.5 Å². The summed E-state index contributed by atoms with van der Waals surface area (Å²) in [6.07, 6.45) is 0.966. The van der Waals surface area contributed by atoms with Gasteiger partial charge in [-0.2, -0.15) is 0 Å². The molecule has 1 aromatic carbocycles.